The molecule has 19 heavy (non-hydrogen) atoms. The zero-order chi connectivity index (χ0) is 14.4. The van der Waals surface area contributed by atoms with Crippen molar-refractivity contribution in [2.45, 2.75) is 26.3 Å². The van der Waals surface area contributed by atoms with Gasteiger partial charge in [0.15, 0.2) is 6.61 Å². The molecule has 3 N–H and O–H groups in total. The predicted molar refractivity (Wildman–Crippen MR) is 80.7 cm³/mol. The lowest BCUT2D eigenvalue weighted by Gasteiger charge is -2.13. The summed E-state index contributed by atoms with van der Waals surface area (Å²) in [4.78, 5) is 11.8. The van der Waals surface area contributed by atoms with Crippen molar-refractivity contribution >= 4 is 34.7 Å². The number of amides is 1. The molecule has 0 radical (unpaired) electrons. The second-order valence-electron chi connectivity index (χ2n) is 4.17. The van der Waals surface area contributed by atoms with E-state index in [0.717, 1.165) is 6.42 Å². The van der Waals surface area contributed by atoms with Gasteiger partial charge in [0, 0.05) is 11.6 Å². The van der Waals surface area contributed by atoms with Crippen LogP contribution in [0.15, 0.2) is 18.2 Å². The molecule has 0 aliphatic carbocycles. The van der Waals surface area contributed by atoms with Crippen LogP contribution in [0.2, 0.25) is 5.02 Å². The molecule has 0 bridgehead atoms. The van der Waals surface area contributed by atoms with Crippen LogP contribution in [-0.2, 0) is 4.79 Å². The van der Waals surface area contributed by atoms with Crippen LogP contribution in [0.1, 0.15) is 25.8 Å². The lowest BCUT2D eigenvalue weighted by atomic mass is 10.2. The standard InChI is InChI=1S/C13H17ClN2O2S/c1-3-8(2)16-12(17)7-18-11-5-4-9(13(15)19)6-10(11)14/h4-6,8H,3,7H2,1-2H3,(H2,15,19)(H,16,17). The van der Waals surface area contributed by atoms with Crippen LogP contribution in [0.25, 0.3) is 0 Å². The summed E-state index contributed by atoms with van der Waals surface area (Å²) >= 11 is 10.9. The van der Waals surface area contributed by atoms with Crippen LogP contribution in [0.5, 0.6) is 5.75 Å². The molecule has 0 saturated heterocycles. The van der Waals surface area contributed by atoms with Gasteiger partial charge in [0.2, 0.25) is 0 Å². The molecule has 0 aliphatic rings. The number of thiocarbonyl (C=S) groups is 1. The molecule has 104 valence electrons. The summed E-state index contributed by atoms with van der Waals surface area (Å²) in [7, 11) is 0. The monoisotopic (exact) mass is 300 g/mol. The first-order valence-corrected chi connectivity index (χ1v) is 6.74. The molecule has 1 aromatic carbocycles. The minimum absolute atomic E-state index is 0.0729. The number of benzene rings is 1. The lowest BCUT2D eigenvalue weighted by Crippen LogP contribution is -2.35. The number of halogens is 1. The summed E-state index contributed by atoms with van der Waals surface area (Å²) < 4.78 is 5.35. The van der Waals surface area contributed by atoms with Crippen molar-refractivity contribution in [3.8, 4) is 5.75 Å². The lowest BCUT2D eigenvalue weighted by molar-refractivity contribution is -0.123. The summed E-state index contributed by atoms with van der Waals surface area (Å²) in [5, 5.41) is 3.18. The maximum Gasteiger partial charge on any atom is 0.258 e. The third kappa shape index (κ3) is 5.04. The molecule has 6 heteroatoms. The van der Waals surface area contributed by atoms with Crippen LogP contribution in [-0.4, -0.2) is 23.5 Å². The van der Waals surface area contributed by atoms with Crippen molar-refractivity contribution in [3.63, 3.8) is 0 Å². The van der Waals surface area contributed by atoms with Gasteiger partial charge in [0.05, 0.1) is 5.02 Å². The summed E-state index contributed by atoms with van der Waals surface area (Å²) in [5.74, 6) is 0.254. The van der Waals surface area contributed by atoms with Crippen molar-refractivity contribution in [2.24, 2.45) is 5.73 Å². The number of carbonyl (C=O) groups is 1. The van der Waals surface area contributed by atoms with Crippen LogP contribution < -0.4 is 15.8 Å². The van der Waals surface area contributed by atoms with Gasteiger partial charge in [-0.05, 0) is 31.5 Å². The first-order chi connectivity index (χ1) is 8.93. The molecule has 0 spiro atoms. The molecule has 0 fully saturated rings. The second-order valence-corrected chi connectivity index (χ2v) is 5.02. The predicted octanol–water partition coefficient (Wildman–Crippen LogP) is 2.27. The van der Waals surface area contributed by atoms with E-state index in [4.69, 9.17) is 34.3 Å². The van der Waals surface area contributed by atoms with Gasteiger partial charge in [-0.1, -0.05) is 30.7 Å². The number of rotatable bonds is 6. The van der Waals surface area contributed by atoms with E-state index in [-0.39, 0.29) is 23.5 Å². The Morgan fingerprint density at radius 2 is 2.26 bits per heavy atom. The van der Waals surface area contributed by atoms with Gasteiger partial charge in [0.1, 0.15) is 10.7 Å². The summed E-state index contributed by atoms with van der Waals surface area (Å²) in [6.07, 6.45) is 0.870. The zero-order valence-electron chi connectivity index (χ0n) is 10.9. The number of hydrogen-bond donors (Lipinski definition) is 2. The van der Waals surface area contributed by atoms with Gasteiger partial charge < -0.3 is 15.8 Å². The van der Waals surface area contributed by atoms with E-state index in [9.17, 15) is 4.79 Å². The maximum atomic E-state index is 11.6. The Morgan fingerprint density at radius 1 is 1.58 bits per heavy atom. The van der Waals surface area contributed by atoms with Gasteiger partial charge in [-0.2, -0.15) is 0 Å². The highest BCUT2D eigenvalue weighted by Crippen LogP contribution is 2.25. The fourth-order valence-electron chi connectivity index (χ4n) is 1.33. The Bertz CT molecular complexity index is 480. The molecule has 0 aliphatic heterocycles. The highest BCUT2D eigenvalue weighted by molar-refractivity contribution is 7.80. The Hall–Kier alpha value is -1.33. The van der Waals surface area contributed by atoms with Crippen LogP contribution in [0.3, 0.4) is 0 Å². The first-order valence-electron chi connectivity index (χ1n) is 5.95. The zero-order valence-corrected chi connectivity index (χ0v) is 12.5. The maximum absolute atomic E-state index is 11.6. The first kappa shape index (κ1) is 15.7. The average molecular weight is 301 g/mol. The van der Waals surface area contributed by atoms with Crippen LogP contribution in [0, 0.1) is 0 Å². The number of nitrogens with two attached hydrogens (primary N) is 1. The molecular formula is C13H17ClN2O2S. The van der Waals surface area contributed by atoms with Crippen molar-refractivity contribution in [3.05, 3.63) is 28.8 Å². The Labute approximate surface area is 123 Å². The molecule has 1 unspecified atom stereocenters. The minimum atomic E-state index is -0.177. The SMILES string of the molecule is CCC(C)NC(=O)COc1ccc(C(N)=S)cc1Cl. The molecule has 0 saturated carbocycles. The number of hydrogen-bond acceptors (Lipinski definition) is 3. The summed E-state index contributed by atoms with van der Waals surface area (Å²) in [6.45, 7) is 3.86. The van der Waals surface area contributed by atoms with Crippen molar-refractivity contribution in [1.82, 2.24) is 5.32 Å². The van der Waals surface area contributed by atoms with Crippen molar-refractivity contribution in [2.75, 3.05) is 6.61 Å². The summed E-state index contributed by atoms with van der Waals surface area (Å²) in [6, 6.07) is 5.10. The molecular weight excluding hydrogens is 284 g/mol. The smallest absolute Gasteiger partial charge is 0.258 e. The van der Waals surface area contributed by atoms with E-state index < -0.39 is 0 Å². The fraction of sp³-hybridized carbons (Fsp3) is 0.385. The summed E-state index contributed by atoms with van der Waals surface area (Å²) in [5.41, 5.74) is 6.16. The van der Waals surface area contributed by atoms with Gasteiger partial charge >= 0.3 is 0 Å². The van der Waals surface area contributed by atoms with E-state index in [2.05, 4.69) is 5.32 Å². The average Bonchev–Trinajstić information content (AvgIpc) is 2.36. The highest BCUT2D eigenvalue weighted by Gasteiger charge is 2.09. The van der Waals surface area contributed by atoms with Gasteiger partial charge in [-0.3, -0.25) is 4.79 Å². The molecule has 0 heterocycles. The fourth-order valence-corrected chi connectivity index (χ4v) is 1.70. The Balaban J connectivity index is 2.59. The van der Waals surface area contributed by atoms with Gasteiger partial charge in [-0.15, -0.1) is 0 Å². The van der Waals surface area contributed by atoms with E-state index in [0.29, 0.717) is 16.3 Å². The molecule has 1 atom stereocenters. The van der Waals surface area contributed by atoms with E-state index in [1.54, 1.807) is 18.2 Å². The molecule has 1 amide bonds. The quantitative estimate of drug-likeness (QED) is 0.791. The number of nitrogens with one attached hydrogen (secondary N) is 1. The molecule has 4 nitrogen and oxygen atoms in total. The molecule has 1 aromatic rings. The van der Waals surface area contributed by atoms with Crippen LogP contribution in [0.4, 0.5) is 0 Å². The third-order valence-corrected chi connectivity index (χ3v) is 3.13. The number of carbonyl (C=O) groups excluding carboxylic acids is 1. The van der Waals surface area contributed by atoms with Gasteiger partial charge in [0.25, 0.3) is 5.91 Å². The minimum Gasteiger partial charge on any atom is -0.482 e. The van der Waals surface area contributed by atoms with Gasteiger partial charge in [-0.25, -0.2) is 0 Å². The second kappa shape index (κ2) is 7.31. The van der Waals surface area contributed by atoms with E-state index in [1.165, 1.54) is 0 Å². The largest absolute Gasteiger partial charge is 0.482 e. The van der Waals surface area contributed by atoms with Crippen molar-refractivity contribution in [1.29, 1.82) is 0 Å². The highest BCUT2D eigenvalue weighted by atomic mass is 35.5. The third-order valence-electron chi connectivity index (χ3n) is 2.59. The van der Waals surface area contributed by atoms with E-state index in [1.807, 2.05) is 13.8 Å². The Kier molecular flexibility index (Phi) is 6.05. The molecule has 0 aromatic heterocycles. The molecule has 1 rings (SSSR count). The number of ether oxygens (including phenoxy) is 1. The topological polar surface area (TPSA) is 64.3 Å². The van der Waals surface area contributed by atoms with Crippen LogP contribution >= 0.6 is 23.8 Å². The normalized spacial score (nSPS) is 11.7. The Morgan fingerprint density at radius 3 is 2.79 bits per heavy atom. The van der Waals surface area contributed by atoms with Crippen molar-refractivity contribution < 1.29 is 9.53 Å². The van der Waals surface area contributed by atoms with E-state index >= 15 is 0 Å².